The van der Waals surface area contributed by atoms with Crippen LogP contribution in [0.4, 0.5) is 4.39 Å². The van der Waals surface area contributed by atoms with Crippen LogP contribution in [0.15, 0.2) is 42.5 Å². The van der Waals surface area contributed by atoms with Gasteiger partial charge in [-0.2, -0.15) is 0 Å². The second-order valence-electron chi connectivity index (χ2n) is 6.74. The smallest absolute Gasteiger partial charge is 0.236 e. The largest absolute Gasteiger partial charge is 0.348 e. The van der Waals surface area contributed by atoms with Gasteiger partial charge in [0.05, 0.1) is 18.3 Å². The summed E-state index contributed by atoms with van der Waals surface area (Å²) in [7, 11) is 3.56. The van der Waals surface area contributed by atoms with E-state index in [9.17, 15) is 9.18 Å². The maximum Gasteiger partial charge on any atom is 0.236 e. The Hall–Kier alpha value is -2.27. The topological polar surface area (TPSA) is 36.4 Å². The van der Waals surface area contributed by atoms with Crippen LogP contribution in [0.25, 0.3) is 0 Å². The van der Waals surface area contributed by atoms with Gasteiger partial charge in [-0.3, -0.25) is 14.7 Å². The second-order valence-corrected chi connectivity index (χ2v) is 6.74. The van der Waals surface area contributed by atoms with Gasteiger partial charge in [0.2, 0.25) is 5.91 Å². The molecule has 5 heteroatoms. The van der Waals surface area contributed by atoms with Crippen molar-refractivity contribution in [1.82, 2.24) is 14.8 Å². The SMILES string of the molecule is CN(C)C(=O)CN1CCC[C@@H]1c1cccc(Cc2ccccc2F)n1. The van der Waals surface area contributed by atoms with Gasteiger partial charge >= 0.3 is 0 Å². The zero-order valence-electron chi connectivity index (χ0n) is 14.8. The third-order valence-electron chi connectivity index (χ3n) is 4.70. The summed E-state index contributed by atoms with van der Waals surface area (Å²) in [6, 6.07) is 12.9. The molecule has 25 heavy (non-hydrogen) atoms. The highest BCUT2D eigenvalue weighted by molar-refractivity contribution is 5.77. The minimum atomic E-state index is -0.200. The summed E-state index contributed by atoms with van der Waals surface area (Å²) in [5.74, 6) is -0.0943. The molecule has 0 saturated carbocycles. The first-order valence-electron chi connectivity index (χ1n) is 8.68. The lowest BCUT2D eigenvalue weighted by Crippen LogP contribution is -2.36. The van der Waals surface area contributed by atoms with Crippen LogP contribution >= 0.6 is 0 Å². The second kappa shape index (κ2) is 7.74. The van der Waals surface area contributed by atoms with E-state index < -0.39 is 0 Å². The molecule has 1 atom stereocenters. The summed E-state index contributed by atoms with van der Waals surface area (Å²) in [5, 5.41) is 0. The molecular weight excluding hydrogens is 317 g/mol. The Morgan fingerprint density at radius 1 is 1.24 bits per heavy atom. The molecule has 3 rings (SSSR count). The highest BCUT2D eigenvalue weighted by Gasteiger charge is 2.29. The van der Waals surface area contributed by atoms with Crippen LogP contribution in [0.5, 0.6) is 0 Å². The van der Waals surface area contributed by atoms with E-state index in [1.54, 1.807) is 31.1 Å². The molecule has 2 heterocycles. The summed E-state index contributed by atoms with van der Waals surface area (Å²) in [6.45, 7) is 1.32. The summed E-state index contributed by atoms with van der Waals surface area (Å²) in [5.41, 5.74) is 2.48. The zero-order chi connectivity index (χ0) is 17.8. The lowest BCUT2D eigenvalue weighted by Gasteiger charge is -2.25. The number of hydrogen-bond acceptors (Lipinski definition) is 3. The van der Waals surface area contributed by atoms with Gasteiger partial charge in [-0.25, -0.2) is 4.39 Å². The van der Waals surface area contributed by atoms with Gasteiger partial charge in [-0.15, -0.1) is 0 Å². The number of benzene rings is 1. The van der Waals surface area contributed by atoms with Gasteiger partial charge in [0, 0.05) is 26.2 Å². The molecule has 0 radical (unpaired) electrons. The van der Waals surface area contributed by atoms with Crippen LogP contribution in [-0.2, 0) is 11.2 Å². The highest BCUT2D eigenvalue weighted by Crippen LogP contribution is 2.30. The van der Waals surface area contributed by atoms with Crippen LogP contribution in [0.1, 0.15) is 35.8 Å². The van der Waals surface area contributed by atoms with Gasteiger partial charge in [-0.1, -0.05) is 24.3 Å². The molecule has 1 amide bonds. The van der Waals surface area contributed by atoms with Crippen molar-refractivity contribution in [3.63, 3.8) is 0 Å². The molecule has 2 aromatic rings. The minimum absolute atomic E-state index is 0.106. The van der Waals surface area contributed by atoms with Crippen LogP contribution in [0.2, 0.25) is 0 Å². The predicted molar refractivity (Wildman–Crippen MR) is 95.7 cm³/mol. The Balaban J connectivity index is 1.76. The van der Waals surface area contributed by atoms with Crippen molar-refractivity contribution in [2.75, 3.05) is 27.2 Å². The van der Waals surface area contributed by atoms with Crippen LogP contribution < -0.4 is 0 Å². The number of hydrogen-bond donors (Lipinski definition) is 0. The number of likely N-dealkylation sites (tertiary alicyclic amines) is 1. The number of amides is 1. The summed E-state index contributed by atoms with van der Waals surface area (Å²) in [4.78, 5) is 20.6. The Morgan fingerprint density at radius 2 is 2.04 bits per heavy atom. The normalized spacial score (nSPS) is 17.6. The number of carbonyl (C=O) groups excluding carboxylic acids is 1. The van der Waals surface area contributed by atoms with E-state index in [2.05, 4.69) is 4.90 Å². The van der Waals surface area contributed by atoms with Crippen molar-refractivity contribution in [3.05, 3.63) is 65.2 Å². The van der Waals surface area contributed by atoms with E-state index in [0.717, 1.165) is 30.8 Å². The van der Waals surface area contributed by atoms with E-state index in [4.69, 9.17) is 4.98 Å². The molecular formula is C20H24FN3O. The van der Waals surface area contributed by atoms with Crippen molar-refractivity contribution in [2.24, 2.45) is 0 Å². The molecule has 1 aromatic heterocycles. The fourth-order valence-corrected chi connectivity index (χ4v) is 3.28. The lowest BCUT2D eigenvalue weighted by molar-refractivity contribution is -0.130. The van der Waals surface area contributed by atoms with E-state index in [0.29, 0.717) is 18.5 Å². The first-order valence-corrected chi connectivity index (χ1v) is 8.68. The van der Waals surface area contributed by atoms with Gasteiger partial charge in [0.15, 0.2) is 0 Å². The first-order chi connectivity index (χ1) is 12.0. The monoisotopic (exact) mass is 341 g/mol. The Labute approximate surface area is 148 Å². The van der Waals surface area contributed by atoms with E-state index in [-0.39, 0.29) is 17.8 Å². The van der Waals surface area contributed by atoms with E-state index >= 15 is 0 Å². The number of nitrogens with zero attached hydrogens (tertiary/aromatic N) is 3. The molecule has 1 fully saturated rings. The molecule has 0 spiro atoms. The Morgan fingerprint density at radius 3 is 2.80 bits per heavy atom. The number of pyridine rings is 1. The van der Waals surface area contributed by atoms with Crippen molar-refractivity contribution in [2.45, 2.75) is 25.3 Å². The third kappa shape index (κ3) is 4.23. The quantitative estimate of drug-likeness (QED) is 0.839. The molecule has 1 aromatic carbocycles. The molecule has 0 bridgehead atoms. The fourth-order valence-electron chi connectivity index (χ4n) is 3.28. The number of rotatable bonds is 5. The number of aromatic nitrogens is 1. The zero-order valence-corrected chi connectivity index (χ0v) is 14.8. The van der Waals surface area contributed by atoms with Crippen molar-refractivity contribution >= 4 is 5.91 Å². The predicted octanol–water partition coefficient (Wildman–Crippen LogP) is 3.04. The summed E-state index contributed by atoms with van der Waals surface area (Å²) in [6.07, 6.45) is 2.53. The summed E-state index contributed by atoms with van der Waals surface area (Å²) < 4.78 is 13.9. The van der Waals surface area contributed by atoms with Gasteiger partial charge in [0.1, 0.15) is 5.82 Å². The number of carbonyl (C=O) groups is 1. The van der Waals surface area contributed by atoms with Gasteiger partial charge in [-0.05, 0) is 43.1 Å². The fraction of sp³-hybridized carbons (Fsp3) is 0.400. The maximum atomic E-state index is 13.9. The molecule has 0 aliphatic carbocycles. The molecule has 0 N–H and O–H groups in total. The Bertz CT molecular complexity index is 747. The standard InChI is InChI=1S/C20H24FN3O/c1-23(2)20(25)14-24-12-6-11-19(24)18-10-5-8-16(22-18)13-15-7-3-4-9-17(15)21/h3-5,7-10,19H,6,11-14H2,1-2H3/t19-/m1/s1. The van der Waals surface area contributed by atoms with Crippen LogP contribution in [0.3, 0.4) is 0 Å². The first kappa shape index (κ1) is 17.5. The van der Waals surface area contributed by atoms with Crippen molar-refractivity contribution in [3.8, 4) is 0 Å². The molecule has 1 aliphatic rings. The van der Waals surface area contributed by atoms with E-state index in [1.165, 1.54) is 6.07 Å². The maximum absolute atomic E-state index is 13.9. The van der Waals surface area contributed by atoms with Crippen LogP contribution in [-0.4, -0.2) is 47.9 Å². The van der Waals surface area contributed by atoms with E-state index in [1.807, 2.05) is 24.3 Å². The number of halogens is 1. The summed E-state index contributed by atoms with van der Waals surface area (Å²) >= 11 is 0. The van der Waals surface area contributed by atoms with Crippen molar-refractivity contribution < 1.29 is 9.18 Å². The minimum Gasteiger partial charge on any atom is -0.348 e. The average Bonchev–Trinajstić information content (AvgIpc) is 3.05. The van der Waals surface area contributed by atoms with Crippen molar-refractivity contribution in [1.29, 1.82) is 0 Å². The number of likely N-dealkylation sites (N-methyl/N-ethyl adjacent to an activating group) is 1. The molecule has 1 saturated heterocycles. The highest BCUT2D eigenvalue weighted by atomic mass is 19.1. The lowest BCUT2D eigenvalue weighted by atomic mass is 10.1. The molecule has 4 nitrogen and oxygen atoms in total. The molecule has 132 valence electrons. The average molecular weight is 341 g/mol. The van der Waals surface area contributed by atoms with Gasteiger partial charge < -0.3 is 4.90 Å². The molecule has 0 unspecified atom stereocenters. The Kier molecular flexibility index (Phi) is 5.43. The molecule has 1 aliphatic heterocycles. The van der Waals surface area contributed by atoms with Crippen LogP contribution in [0, 0.1) is 5.82 Å². The van der Waals surface area contributed by atoms with Gasteiger partial charge in [0.25, 0.3) is 0 Å². The third-order valence-corrected chi connectivity index (χ3v) is 4.70.